The highest BCUT2D eigenvalue weighted by Crippen LogP contribution is 2.36. The smallest absolute Gasteiger partial charge is 0.252 e. The van der Waals surface area contributed by atoms with Gasteiger partial charge in [-0.3, -0.25) is 4.79 Å². The summed E-state index contributed by atoms with van der Waals surface area (Å²) in [6, 6.07) is 4.16. The molecule has 0 radical (unpaired) electrons. The molecule has 2 N–H and O–H groups in total. The van der Waals surface area contributed by atoms with Gasteiger partial charge < -0.3 is 15.4 Å². The number of amides is 1. The number of aromatic nitrogens is 1. The van der Waals surface area contributed by atoms with Crippen molar-refractivity contribution in [2.75, 3.05) is 18.9 Å². The fourth-order valence-electron chi connectivity index (χ4n) is 3.58. The molecule has 4 rings (SSSR count). The molecule has 0 saturated carbocycles. The molecule has 1 amide bonds. The van der Waals surface area contributed by atoms with E-state index in [1.807, 2.05) is 21.7 Å². The molecule has 6 nitrogen and oxygen atoms in total. The first-order chi connectivity index (χ1) is 12.2. The summed E-state index contributed by atoms with van der Waals surface area (Å²) in [7, 11) is 0. The lowest BCUT2D eigenvalue weighted by Gasteiger charge is -2.31. The average Bonchev–Trinajstić information content (AvgIpc) is 3.33. The van der Waals surface area contributed by atoms with E-state index in [0.717, 1.165) is 35.2 Å². The maximum Gasteiger partial charge on any atom is 0.252 e. The third kappa shape index (κ3) is 2.77. The van der Waals surface area contributed by atoms with Crippen LogP contribution in [-0.2, 0) is 22.5 Å². The minimum Gasteiger partial charge on any atom is -0.383 e. The second kappa shape index (κ2) is 6.47. The number of carbonyl (C=O) groups is 1. The molecule has 2 aromatic rings. The lowest BCUT2D eigenvalue weighted by atomic mass is 9.92. The zero-order valence-electron chi connectivity index (χ0n) is 13.7. The third-order valence-corrected chi connectivity index (χ3v) is 5.50. The van der Waals surface area contributed by atoms with Crippen LogP contribution >= 0.6 is 11.3 Å². The fourth-order valence-corrected chi connectivity index (χ4v) is 4.23. The minimum atomic E-state index is -0.330. The van der Waals surface area contributed by atoms with Crippen LogP contribution in [0.4, 0.5) is 5.82 Å². The van der Waals surface area contributed by atoms with E-state index >= 15 is 0 Å². The summed E-state index contributed by atoms with van der Waals surface area (Å²) in [6.45, 7) is 1.70. The maximum absolute atomic E-state index is 12.7. The predicted octanol–water partition coefficient (Wildman–Crippen LogP) is 2.33. The van der Waals surface area contributed by atoms with Crippen molar-refractivity contribution in [1.29, 1.82) is 5.26 Å². The Morgan fingerprint density at radius 3 is 3.08 bits per heavy atom. The Morgan fingerprint density at radius 1 is 1.52 bits per heavy atom. The van der Waals surface area contributed by atoms with E-state index in [1.165, 1.54) is 0 Å². The molecule has 0 aliphatic carbocycles. The van der Waals surface area contributed by atoms with Crippen LogP contribution in [0.2, 0.25) is 0 Å². The maximum atomic E-state index is 12.7. The molecule has 7 heteroatoms. The van der Waals surface area contributed by atoms with E-state index in [4.69, 9.17) is 10.5 Å². The van der Waals surface area contributed by atoms with E-state index in [0.29, 0.717) is 31.7 Å². The molecule has 2 aliphatic rings. The highest BCUT2D eigenvalue weighted by atomic mass is 32.1. The zero-order valence-corrected chi connectivity index (χ0v) is 14.5. The minimum absolute atomic E-state index is 0.0368. The average molecular weight is 354 g/mol. The van der Waals surface area contributed by atoms with E-state index in [1.54, 1.807) is 11.3 Å². The molecule has 0 aromatic carbocycles. The highest BCUT2D eigenvalue weighted by Gasteiger charge is 2.32. The van der Waals surface area contributed by atoms with Crippen molar-refractivity contribution in [1.82, 2.24) is 9.88 Å². The van der Waals surface area contributed by atoms with Crippen LogP contribution < -0.4 is 5.73 Å². The van der Waals surface area contributed by atoms with Gasteiger partial charge in [0.05, 0.1) is 5.69 Å². The van der Waals surface area contributed by atoms with Crippen molar-refractivity contribution in [3.63, 3.8) is 0 Å². The molecule has 2 aliphatic heterocycles. The molecule has 1 atom stereocenters. The van der Waals surface area contributed by atoms with Gasteiger partial charge in [-0.25, -0.2) is 4.98 Å². The molecule has 1 fully saturated rings. The van der Waals surface area contributed by atoms with Crippen LogP contribution in [0.1, 0.15) is 29.7 Å². The van der Waals surface area contributed by atoms with Gasteiger partial charge in [0.25, 0.3) is 5.91 Å². The first-order valence-corrected chi connectivity index (χ1v) is 9.27. The van der Waals surface area contributed by atoms with Gasteiger partial charge in [0, 0.05) is 37.2 Å². The van der Waals surface area contributed by atoms with Crippen LogP contribution in [0.15, 0.2) is 16.8 Å². The molecular formula is C18H18N4O2S. The molecule has 1 saturated heterocycles. The van der Waals surface area contributed by atoms with Gasteiger partial charge in [-0.05, 0) is 35.2 Å². The van der Waals surface area contributed by atoms with Crippen LogP contribution in [0.5, 0.6) is 0 Å². The fraction of sp³-hybridized carbons (Fsp3) is 0.389. The Kier molecular flexibility index (Phi) is 4.15. The number of carbonyl (C=O) groups excluding carboxylic acids is 1. The van der Waals surface area contributed by atoms with Crippen molar-refractivity contribution in [2.24, 2.45) is 0 Å². The summed E-state index contributed by atoms with van der Waals surface area (Å²) in [5.41, 5.74) is 10.0. The molecule has 1 unspecified atom stereocenters. The van der Waals surface area contributed by atoms with Crippen LogP contribution in [0.25, 0.3) is 11.1 Å². The normalized spacial score (nSPS) is 19.5. The lowest BCUT2D eigenvalue weighted by Crippen LogP contribution is -2.42. The molecule has 25 heavy (non-hydrogen) atoms. The van der Waals surface area contributed by atoms with Crippen molar-refractivity contribution in [3.05, 3.63) is 33.6 Å². The van der Waals surface area contributed by atoms with Crippen LogP contribution in [0, 0.1) is 11.3 Å². The first kappa shape index (κ1) is 16.1. The number of fused-ring (bicyclic) bond motifs is 1. The van der Waals surface area contributed by atoms with E-state index in [9.17, 15) is 10.1 Å². The lowest BCUT2D eigenvalue weighted by molar-refractivity contribution is -0.141. The zero-order chi connectivity index (χ0) is 17.4. The molecular weight excluding hydrogens is 336 g/mol. The van der Waals surface area contributed by atoms with Crippen molar-refractivity contribution in [2.45, 2.75) is 31.9 Å². The predicted molar refractivity (Wildman–Crippen MR) is 94.8 cm³/mol. The van der Waals surface area contributed by atoms with E-state index in [2.05, 4.69) is 11.1 Å². The Bertz CT molecular complexity index is 851. The highest BCUT2D eigenvalue weighted by molar-refractivity contribution is 7.08. The second-order valence-electron chi connectivity index (χ2n) is 6.31. The number of rotatable bonds is 2. The summed E-state index contributed by atoms with van der Waals surface area (Å²) >= 11 is 1.57. The summed E-state index contributed by atoms with van der Waals surface area (Å²) in [4.78, 5) is 19.0. The van der Waals surface area contributed by atoms with Gasteiger partial charge in [0.1, 0.15) is 23.6 Å². The van der Waals surface area contributed by atoms with Crippen LogP contribution in [0.3, 0.4) is 0 Å². The summed E-state index contributed by atoms with van der Waals surface area (Å²) in [5.74, 6) is 0.302. The van der Waals surface area contributed by atoms with E-state index in [-0.39, 0.29) is 17.8 Å². The Morgan fingerprint density at radius 2 is 2.40 bits per heavy atom. The second-order valence-corrected chi connectivity index (χ2v) is 7.09. The molecule has 128 valence electrons. The first-order valence-electron chi connectivity index (χ1n) is 8.33. The number of nitriles is 1. The number of anilines is 1. The number of thiophene rings is 1. The quantitative estimate of drug-likeness (QED) is 0.893. The number of hydrogen-bond donors (Lipinski definition) is 1. The van der Waals surface area contributed by atoms with Crippen molar-refractivity contribution in [3.8, 4) is 17.2 Å². The number of nitrogens with two attached hydrogens (primary N) is 1. The Balaban J connectivity index is 1.76. The summed E-state index contributed by atoms with van der Waals surface area (Å²) in [5, 5.41) is 13.5. The van der Waals surface area contributed by atoms with Gasteiger partial charge in [-0.1, -0.05) is 0 Å². The number of hydrogen-bond acceptors (Lipinski definition) is 6. The Labute approximate surface area is 149 Å². The number of ether oxygens (including phenoxy) is 1. The Hall–Kier alpha value is -2.43. The topological polar surface area (TPSA) is 92.2 Å². The van der Waals surface area contributed by atoms with Gasteiger partial charge in [-0.2, -0.15) is 16.6 Å². The number of nitrogen functional groups attached to an aromatic ring is 1. The molecule has 2 aromatic heterocycles. The summed E-state index contributed by atoms with van der Waals surface area (Å²) < 4.78 is 5.54. The molecule has 4 heterocycles. The standard InChI is InChI=1S/C18H18N4O2S/c19-8-12-16(11-4-7-25-10-11)13-9-22(5-3-14(13)21-17(12)20)18(23)15-2-1-6-24-15/h4,7,10,15H,1-3,5-6,9H2,(H2,20,21). The van der Waals surface area contributed by atoms with Gasteiger partial charge in [0.15, 0.2) is 0 Å². The summed E-state index contributed by atoms with van der Waals surface area (Å²) in [6.07, 6.45) is 2.02. The largest absolute Gasteiger partial charge is 0.383 e. The van der Waals surface area contributed by atoms with Gasteiger partial charge >= 0.3 is 0 Å². The van der Waals surface area contributed by atoms with Crippen molar-refractivity contribution >= 4 is 23.1 Å². The van der Waals surface area contributed by atoms with Gasteiger partial charge in [0.2, 0.25) is 0 Å². The van der Waals surface area contributed by atoms with E-state index < -0.39 is 0 Å². The number of nitrogens with zero attached hydrogens (tertiary/aromatic N) is 3. The molecule has 0 bridgehead atoms. The van der Waals surface area contributed by atoms with Crippen LogP contribution in [-0.4, -0.2) is 35.0 Å². The number of pyridine rings is 1. The monoisotopic (exact) mass is 354 g/mol. The van der Waals surface area contributed by atoms with Gasteiger partial charge in [-0.15, -0.1) is 0 Å². The molecule has 0 spiro atoms. The van der Waals surface area contributed by atoms with Crippen molar-refractivity contribution < 1.29 is 9.53 Å². The SMILES string of the molecule is N#Cc1c(N)nc2c(c1-c1ccsc1)CN(C(=O)C1CCCO1)CC2. The third-order valence-electron chi connectivity index (χ3n) is 4.82.